The Morgan fingerprint density at radius 3 is 2.72 bits per heavy atom. The van der Waals surface area contributed by atoms with Crippen molar-refractivity contribution in [2.24, 2.45) is 0 Å². The molecule has 0 fully saturated rings. The summed E-state index contributed by atoms with van der Waals surface area (Å²) >= 11 is 1.61. The van der Waals surface area contributed by atoms with Crippen LogP contribution in [-0.2, 0) is 16.6 Å². The largest absolute Gasteiger partial charge is 0.316 e. The normalized spacial score (nSPS) is 13.8. The van der Waals surface area contributed by atoms with E-state index in [-0.39, 0.29) is 10.3 Å². The zero-order valence-electron chi connectivity index (χ0n) is 11.1. The Kier molecular flexibility index (Phi) is 5.64. The summed E-state index contributed by atoms with van der Waals surface area (Å²) in [6.45, 7) is 4.64. The third-order valence-electron chi connectivity index (χ3n) is 2.61. The van der Waals surface area contributed by atoms with Gasteiger partial charge >= 0.3 is 0 Å². The molecule has 0 aromatic carbocycles. The summed E-state index contributed by atoms with van der Waals surface area (Å²) in [6.07, 6.45) is 1.95. The number of thioether (sulfide) groups is 1. The van der Waals surface area contributed by atoms with Crippen molar-refractivity contribution in [3.8, 4) is 0 Å². The molecule has 104 valence electrons. The number of nitrogens with zero attached hydrogens (tertiary/aromatic N) is 1. The molecular weight excluding hydrogens is 272 g/mol. The fourth-order valence-corrected chi connectivity index (χ4v) is 3.09. The van der Waals surface area contributed by atoms with Crippen LogP contribution in [0.4, 0.5) is 0 Å². The summed E-state index contributed by atoms with van der Waals surface area (Å²) in [5.74, 6) is 0. The van der Waals surface area contributed by atoms with Gasteiger partial charge < -0.3 is 5.32 Å². The highest BCUT2D eigenvalue weighted by molar-refractivity contribution is 7.99. The van der Waals surface area contributed by atoms with E-state index < -0.39 is 10.0 Å². The summed E-state index contributed by atoms with van der Waals surface area (Å²) in [5, 5.41) is 9.86. The van der Waals surface area contributed by atoms with Crippen molar-refractivity contribution in [3.63, 3.8) is 0 Å². The predicted molar refractivity (Wildman–Crippen MR) is 74.3 cm³/mol. The number of sulfonamides is 1. The number of aromatic nitrogens is 2. The molecule has 1 heterocycles. The van der Waals surface area contributed by atoms with Crippen LogP contribution in [0.3, 0.4) is 0 Å². The molecule has 0 aliphatic rings. The lowest BCUT2D eigenvalue weighted by molar-refractivity contribution is 0.575. The lowest BCUT2D eigenvalue weighted by Crippen LogP contribution is -2.30. The van der Waals surface area contributed by atoms with Gasteiger partial charge in [-0.1, -0.05) is 6.92 Å². The minimum absolute atomic E-state index is 0.0858. The number of H-pyrrole nitrogens is 1. The maximum Gasteiger partial charge on any atom is 0.260 e. The van der Waals surface area contributed by atoms with Gasteiger partial charge in [-0.3, -0.25) is 5.10 Å². The molecule has 0 aliphatic carbocycles. The molecule has 0 aliphatic heterocycles. The Bertz CT molecular complexity index is 484. The van der Waals surface area contributed by atoms with Gasteiger partial charge in [-0.2, -0.15) is 16.9 Å². The quantitative estimate of drug-likeness (QED) is 0.680. The lowest BCUT2D eigenvalue weighted by Gasteiger charge is -2.10. The van der Waals surface area contributed by atoms with Gasteiger partial charge in [-0.05, 0) is 20.2 Å². The molecule has 1 aromatic rings. The zero-order chi connectivity index (χ0) is 13.8. The summed E-state index contributed by atoms with van der Waals surface area (Å²) in [4.78, 5) is 0. The average molecular weight is 292 g/mol. The Morgan fingerprint density at radius 1 is 1.50 bits per heavy atom. The summed E-state index contributed by atoms with van der Waals surface area (Å²) in [6, 6.07) is 0. The smallest absolute Gasteiger partial charge is 0.260 e. The second-order valence-electron chi connectivity index (χ2n) is 4.06. The van der Waals surface area contributed by atoms with Crippen molar-refractivity contribution in [1.82, 2.24) is 20.2 Å². The third kappa shape index (κ3) is 3.71. The molecule has 0 bridgehead atoms. The fraction of sp³-hybridized carbons (Fsp3) is 0.700. The fourth-order valence-electron chi connectivity index (χ4n) is 1.42. The van der Waals surface area contributed by atoms with Crippen LogP contribution in [0.2, 0.25) is 0 Å². The summed E-state index contributed by atoms with van der Waals surface area (Å²) in [5.41, 5.74) is 1.45. The summed E-state index contributed by atoms with van der Waals surface area (Å²) < 4.78 is 26.8. The molecule has 0 saturated carbocycles. The maximum absolute atomic E-state index is 12.1. The number of hydrogen-bond donors (Lipinski definition) is 3. The van der Waals surface area contributed by atoms with E-state index in [1.54, 1.807) is 18.8 Å². The number of hydrogen-bond acceptors (Lipinski definition) is 5. The molecule has 0 saturated heterocycles. The summed E-state index contributed by atoms with van der Waals surface area (Å²) in [7, 11) is -1.77. The molecule has 6 nitrogen and oxygen atoms in total. The zero-order valence-corrected chi connectivity index (χ0v) is 12.7. The molecule has 0 amide bonds. The topological polar surface area (TPSA) is 86.9 Å². The van der Waals surface area contributed by atoms with E-state index in [4.69, 9.17) is 0 Å². The van der Waals surface area contributed by atoms with Crippen molar-refractivity contribution in [2.75, 3.05) is 19.8 Å². The van der Waals surface area contributed by atoms with Crippen molar-refractivity contribution >= 4 is 21.8 Å². The minimum Gasteiger partial charge on any atom is -0.316 e. The standard InChI is InChI=1S/C10H20N4O2S2/c1-7(17-4)5-12-18(15,16)10-9(6-11-3)8(2)13-14-10/h7,11-12H,5-6H2,1-4H3,(H,13,14). The highest BCUT2D eigenvalue weighted by Gasteiger charge is 2.23. The third-order valence-corrected chi connectivity index (χ3v) is 4.97. The van der Waals surface area contributed by atoms with Crippen LogP contribution in [0.15, 0.2) is 5.03 Å². The second-order valence-corrected chi connectivity index (χ2v) is 7.02. The highest BCUT2D eigenvalue weighted by Crippen LogP contribution is 2.16. The van der Waals surface area contributed by atoms with Crippen LogP contribution in [0, 0.1) is 6.92 Å². The van der Waals surface area contributed by atoms with Gasteiger partial charge in [0.2, 0.25) is 0 Å². The van der Waals surface area contributed by atoms with E-state index in [0.29, 0.717) is 18.7 Å². The van der Waals surface area contributed by atoms with Crippen LogP contribution in [0.1, 0.15) is 18.2 Å². The van der Waals surface area contributed by atoms with Crippen LogP contribution in [0.5, 0.6) is 0 Å². The van der Waals surface area contributed by atoms with E-state index >= 15 is 0 Å². The molecule has 0 radical (unpaired) electrons. The first kappa shape index (κ1) is 15.5. The number of aryl methyl sites for hydroxylation is 1. The molecule has 3 N–H and O–H groups in total. The number of nitrogens with one attached hydrogen (secondary N) is 3. The molecule has 1 unspecified atom stereocenters. The van der Waals surface area contributed by atoms with E-state index in [0.717, 1.165) is 5.69 Å². The molecule has 18 heavy (non-hydrogen) atoms. The van der Waals surface area contributed by atoms with E-state index in [2.05, 4.69) is 20.2 Å². The van der Waals surface area contributed by atoms with Crippen LogP contribution < -0.4 is 10.0 Å². The highest BCUT2D eigenvalue weighted by atomic mass is 32.2. The average Bonchev–Trinajstić information content (AvgIpc) is 2.69. The molecule has 1 atom stereocenters. The molecule has 0 spiro atoms. The monoisotopic (exact) mass is 292 g/mol. The first-order valence-corrected chi connectivity index (χ1v) is 8.40. The second kappa shape index (κ2) is 6.55. The van der Waals surface area contributed by atoms with Gasteiger partial charge in [0.1, 0.15) is 0 Å². The Balaban J connectivity index is 2.91. The van der Waals surface area contributed by atoms with Gasteiger partial charge in [0.05, 0.1) is 0 Å². The van der Waals surface area contributed by atoms with Crippen LogP contribution in [0.25, 0.3) is 0 Å². The number of rotatable bonds is 7. The first-order chi connectivity index (χ1) is 8.42. The minimum atomic E-state index is -3.54. The maximum atomic E-state index is 12.1. The molecule has 8 heteroatoms. The van der Waals surface area contributed by atoms with Gasteiger partial charge in [-0.15, -0.1) is 0 Å². The van der Waals surface area contributed by atoms with Gasteiger partial charge in [0.25, 0.3) is 10.0 Å². The molecular formula is C10H20N4O2S2. The Hall–Kier alpha value is -0.570. The first-order valence-electron chi connectivity index (χ1n) is 5.63. The van der Waals surface area contributed by atoms with Crippen molar-refractivity contribution in [1.29, 1.82) is 0 Å². The van der Waals surface area contributed by atoms with Crippen molar-refractivity contribution < 1.29 is 8.42 Å². The van der Waals surface area contributed by atoms with E-state index in [1.807, 2.05) is 20.1 Å². The SMILES string of the molecule is CNCc1c(S(=O)(=O)NCC(C)SC)n[nH]c1C. The van der Waals surface area contributed by atoms with Gasteiger partial charge in [-0.25, -0.2) is 13.1 Å². The Morgan fingerprint density at radius 2 is 2.17 bits per heavy atom. The van der Waals surface area contributed by atoms with Crippen molar-refractivity contribution in [3.05, 3.63) is 11.3 Å². The predicted octanol–water partition coefficient (Wildman–Crippen LogP) is 0.467. The van der Waals surface area contributed by atoms with Gasteiger partial charge in [0.15, 0.2) is 5.03 Å². The lowest BCUT2D eigenvalue weighted by atomic mass is 10.3. The van der Waals surface area contributed by atoms with E-state index in [9.17, 15) is 8.42 Å². The Labute approximate surface area is 112 Å². The van der Waals surface area contributed by atoms with E-state index in [1.165, 1.54) is 0 Å². The van der Waals surface area contributed by atoms with Crippen LogP contribution in [-0.4, -0.2) is 43.7 Å². The molecule has 1 aromatic heterocycles. The van der Waals surface area contributed by atoms with Crippen LogP contribution >= 0.6 is 11.8 Å². The number of aromatic amines is 1. The van der Waals surface area contributed by atoms with Gasteiger partial charge in [0, 0.05) is 29.6 Å². The molecule has 1 rings (SSSR count). The van der Waals surface area contributed by atoms with Crippen molar-refractivity contribution in [2.45, 2.75) is 30.7 Å².